The topological polar surface area (TPSA) is 48.4 Å². The fourth-order valence-corrected chi connectivity index (χ4v) is 1.90. The third-order valence-corrected chi connectivity index (χ3v) is 2.63. The highest BCUT2D eigenvalue weighted by atomic mass is 16.5. The Morgan fingerprint density at radius 2 is 1.89 bits per heavy atom. The van der Waals surface area contributed by atoms with Crippen molar-refractivity contribution in [3.63, 3.8) is 0 Å². The molecular weight excluding hydrogens is 242 g/mol. The lowest BCUT2D eigenvalue weighted by atomic mass is 9.84. The van der Waals surface area contributed by atoms with Crippen LogP contribution in [0.1, 0.15) is 45.0 Å². The van der Waals surface area contributed by atoms with Crippen LogP contribution in [0.3, 0.4) is 0 Å². The molecule has 0 saturated heterocycles. The summed E-state index contributed by atoms with van der Waals surface area (Å²) >= 11 is 0. The Kier molecular flexibility index (Phi) is 5.06. The van der Waals surface area contributed by atoms with Crippen molar-refractivity contribution in [2.45, 2.75) is 46.8 Å². The second kappa shape index (κ2) is 6.15. The number of methoxy groups -OCH3 is 1. The van der Waals surface area contributed by atoms with Crippen LogP contribution in [0.4, 0.5) is 0 Å². The number of nitrogens with zero attached hydrogens (tertiary/aromatic N) is 1. The van der Waals surface area contributed by atoms with Crippen LogP contribution in [-0.2, 0) is 4.74 Å². The Balaban J connectivity index is 2.99. The average Bonchev–Trinajstić information content (AvgIpc) is 2.27. The first-order chi connectivity index (χ1) is 8.75. The van der Waals surface area contributed by atoms with Crippen molar-refractivity contribution >= 4 is 5.78 Å². The third-order valence-electron chi connectivity index (χ3n) is 2.63. The molecule has 1 rings (SSSR count). The van der Waals surface area contributed by atoms with Gasteiger partial charge in [-0.25, -0.2) is 0 Å². The maximum Gasteiger partial charge on any atom is 0.193 e. The molecule has 106 valence electrons. The van der Waals surface area contributed by atoms with Crippen molar-refractivity contribution in [1.29, 1.82) is 0 Å². The quantitative estimate of drug-likeness (QED) is 0.767. The Morgan fingerprint density at radius 1 is 1.26 bits per heavy atom. The van der Waals surface area contributed by atoms with E-state index in [-0.39, 0.29) is 17.3 Å². The second-order valence-electron chi connectivity index (χ2n) is 5.92. The standard InChI is InChI=1S/C15H23NO3/c1-10(2)19-12-7-11(8-16-9-12)13(17)14(18-6)15(3,4)5/h7-10,14H,1-6H3. The highest BCUT2D eigenvalue weighted by Crippen LogP contribution is 2.26. The molecular formula is C15H23NO3. The van der Waals surface area contributed by atoms with Gasteiger partial charge in [0.2, 0.25) is 0 Å². The van der Waals surface area contributed by atoms with Crippen molar-refractivity contribution in [2.75, 3.05) is 7.11 Å². The molecule has 0 radical (unpaired) electrons. The smallest absolute Gasteiger partial charge is 0.193 e. The van der Waals surface area contributed by atoms with E-state index in [0.717, 1.165) is 0 Å². The predicted molar refractivity (Wildman–Crippen MR) is 74.6 cm³/mol. The second-order valence-corrected chi connectivity index (χ2v) is 5.92. The van der Waals surface area contributed by atoms with Crippen molar-refractivity contribution in [3.8, 4) is 5.75 Å². The summed E-state index contributed by atoms with van der Waals surface area (Å²) in [5, 5.41) is 0. The summed E-state index contributed by atoms with van der Waals surface area (Å²) in [7, 11) is 1.55. The molecule has 1 atom stereocenters. The molecule has 0 amide bonds. The minimum absolute atomic E-state index is 0.0491. The maximum atomic E-state index is 12.4. The van der Waals surface area contributed by atoms with Gasteiger partial charge >= 0.3 is 0 Å². The maximum absolute atomic E-state index is 12.4. The summed E-state index contributed by atoms with van der Waals surface area (Å²) in [6.07, 6.45) is 2.71. The molecule has 0 aliphatic heterocycles. The van der Waals surface area contributed by atoms with E-state index in [1.165, 1.54) is 0 Å². The molecule has 0 spiro atoms. The van der Waals surface area contributed by atoms with E-state index in [4.69, 9.17) is 9.47 Å². The van der Waals surface area contributed by atoms with Gasteiger partial charge in [0.05, 0.1) is 12.3 Å². The van der Waals surface area contributed by atoms with Crippen LogP contribution in [0.2, 0.25) is 0 Å². The van der Waals surface area contributed by atoms with Crippen LogP contribution in [0.5, 0.6) is 5.75 Å². The number of carbonyl (C=O) groups is 1. The zero-order valence-corrected chi connectivity index (χ0v) is 12.6. The molecule has 0 bridgehead atoms. The summed E-state index contributed by atoms with van der Waals surface area (Å²) < 4.78 is 10.9. The Labute approximate surface area is 115 Å². The number of rotatable bonds is 5. The molecule has 1 heterocycles. The summed E-state index contributed by atoms with van der Waals surface area (Å²) in [6, 6.07) is 1.72. The summed E-state index contributed by atoms with van der Waals surface area (Å²) in [4.78, 5) is 16.5. The molecule has 0 aliphatic carbocycles. The van der Waals surface area contributed by atoms with Crippen LogP contribution < -0.4 is 4.74 Å². The van der Waals surface area contributed by atoms with E-state index in [2.05, 4.69) is 4.98 Å². The van der Waals surface area contributed by atoms with Crippen molar-refractivity contribution < 1.29 is 14.3 Å². The lowest BCUT2D eigenvalue weighted by Crippen LogP contribution is -2.36. The van der Waals surface area contributed by atoms with Crippen molar-refractivity contribution in [3.05, 3.63) is 24.0 Å². The lowest BCUT2D eigenvalue weighted by molar-refractivity contribution is 0.0195. The Hall–Kier alpha value is -1.42. The summed E-state index contributed by atoms with van der Waals surface area (Å²) in [5.41, 5.74) is 0.251. The highest BCUT2D eigenvalue weighted by molar-refractivity contribution is 6.00. The first-order valence-corrected chi connectivity index (χ1v) is 6.44. The normalized spacial score (nSPS) is 13.4. The summed E-state index contributed by atoms with van der Waals surface area (Å²) in [5.74, 6) is 0.529. The molecule has 1 aromatic rings. The number of ether oxygens (including phenoxy) is 2. The van der Waals surface area contributed by atoms with E-state index in [1.54, 1.807) is 25.6 Å². The minimum Gasteiger partial charge on any atom is -0.489 e. The Morgan fingerprint density at radius 3 is 2.37 bits per heavy atom. The van der Waals surface area contributed by atoms with Crippen LogP contribution in [0.15, 0.2) is 18.5 Å². The van der Waals surface area contributed by atoms with Gasteiger partial charge in [-0.3, -0.25) is 9.78 Å². The van der Waals surface area contributed by atoms with Crippen LogP contribution in [0.25, 0.3) is 0 Å². The van der Waals surface area contributed by atoms with E-state index in [1.807, 2.05) is 34.6 Å². The number of Topliss-reactive ketones (excluding diaryl/α,β-unsaturated/α-hetero) is 1. The van der Waals surface area contributed by atoms with Crippen LogP contribution in [0, 0.1) is 5.41 Å². The fourth-order valence-electron chi connectivity index (χ4n) is 1.90. The number of carbonyl (C=O) groups excluding carboxylic acids is 1. The van der Waals surface area contributed by atoms with E-state index in [9.17, 15) is 4.79 Å². The zero-order valence-electron chi connectivity index (χ0n) is 12.6. The minimum atomic E-state index is -0.497. The zero-order chi connectivity index (χ0) is 14.6. The molecule has 0 aliphatic rings. The van der Waals surface area contributed by atoms with E-state index >= 15 is 0 Å². The first-order valence-electron chi connectivity index (χ1n) is 6.44. The molecule has 4 heteroatoms. The van der Waals surface area contributed by atoms with Crippen molar-refractivity contribution in [2.24, 2.45) is 5.41 Å². The van der Waals surface area contributed by atoms with Gasteiger partial charge in [-0.15, -0.1) is 0 Å². The molecule has 0 N–H and O–H groups in total. The highest BCUT2D eigenvalue weighted by Gasteiger charge is 2.32. The van der Waals surface area contributed by atoms with Crippen LogP contribution in [-0.4, -0.2) is 30.1 Å². The van der Waals surface area contributed by atoms with Gasteiger partial charge in [0.25, 0.3) is 0 Å². The molecule has 4 nitrogen and oxygen atoms in total. The largest absolute Gasteiger partial charge is 0.489 e. The van der Waals surface area contributed by atoms with Crippen LogP contribution >= 0.6 is 0 Å². The van der Waals surface area contributed by atoms with Gasteiger partial charge in [-0.2, -0.15) is 0 Å². The molecule has 1 aromatic heterocycles. The van der Waals surface area contributed by atoms with Gasteiger partial charge in [0.15, 0.2) is 5.78 Å². The predicted octanol–water partition coefficient (Wildman–Crippen LogP) is 3.11. The number of hydrogen-bond acceptors (Lipinski definition) is 4. The summed E-state index contributed by atoms with van der Waals surface area (Å²) in [6.45, 7) is 9.78. The fraction of sp³-hybridized carbons (Fsp3) is 0.600. The van der Waals surface area contributed by atoms with Gasteiger partial charge in [-0.05, 0) is 25.3 Å². The Bertz CT molecular complexity index is 435. The lowest BCUT2D eigenvalue weighted by Gasteiger charge is -2.28. The van der Waals surface area contributed by atoms with Gasteiger partial charge in [0, 0.05) is 18.9 Å². The van der Waals surface area contributed by atoms with Gasteiger partial charge in [0.1, 0.15) is 11.9 Å². The molecule has 1 unspecified atom stereocenters. The number of hydrogen-bond donors (Lipinski definition) is 0. The molecule has 0 saturated carbocycles. The number of pyridine rings is 1. The van der Waals surface area contributed by atoms with Gasteiger partial charge in [-0.1, -0.05) is 20.8 Å². The molecule has 0 fully saturated rings. The number of aromatic nitrogens is 1. The van der Waals surface area contributed by atoms with E-state index in [0.29, 0.717) is 11.3 Å². The molecule has 0 aromatic carbocycles. The average molecular weight is 265 g/mol. The number of ketones is 1. The SMILES string of the molecule is COC(C(=O)c1cncc(OC(C)C)c1)C(C)(C)C. The van der Waals surface area contributed by atoms with Gasteiger partial charge < -0.3 is 9.47 Å². The molecule has 19 heavy (non-hydrogen) atoms. The first kappa shape index (κ1) is 15.6. The monoisotopic (exact) mass is 265 g/mol. The van der Waals surface area contributed by atoms with E-state index < -0.39 is 6.10 Å². The van der Waals surface area contributed by atoms with Crippen molar-refractivity contribution in [1.82, 2.24) is 4.98 Å². The third kappa shape index (κ3) is 4.31.